The molecule has 0 bridgehead atoms. The molecule has 0 radical (unpaired) electrons. The van der Waals surface area contributed by atoms with Gasteiger partial charge in [0.15, 0.2) is 5.11 Å². The van der Waals surface area contributed by atoms with Crippen LogP contribution in [0.4, 0.5) is 5.69 Å². The smallest absolute Gasteiger partial charge is 0.171 e. The van der Waals surface area contributed by atoms with Crippen LogP contribution < -0.4 is 10.6 Å². The van der Waals surface area contributed by atoms with Crippen molar-refractivity contribution >= 4 is 38.9 Å². The minimum atomic E-state index is 0.595. The molecule has 0 aromatic heterocycles. The van der Waals surface area contributed by atoms with Gasteiger partial charge in [-0.3, -0.25) is 0 Å². The van der Waals surface area contributed by atoms with Gasteiger partial charge in [-0.25, -0.2) is 0 Å². The number of anilines is 1. The van der Waals surface area contributed by atoms with Crippen molar-refractivity contribution in [2.45, 2.75) is 18.9 Å². The van der Waals surface area contributed by atoms with E-state index < -0.39 is 0 Å². The molecule has 1 aliphatic rings. The highest BCUT2D eigenvalue weighted by Crippen LogP contribution is 2.22. The molecule has 0 heterocycles. The monoisotopic (exact) mass is 270 g/mol. The standard InChI is InChI=1S/C10H11BrN2S/c11-8-3-1-2-4-9(8)13-10(14)12-7-5-6-7/h1-4,7H,5-6H2,(H2,12,13,14). The van der Waals surface area contributed by atoms with Crippen molar-refractivity contribution in [3.05, 3.63) is 28.7 Å². The summed E-state index contributed by atoms with van der Waals surface area (Å²) in [6.45, 7) is 0. The summed E-state index contributed by atoms with van der Waals surface area (Å²) in [4.78, 5) is 0. The molecule has 1 fully saturated rings. The van der Waals surface area contributed by atoms with Gasteiger partial charge < -0.3 is 10.6 Å². The van der Waals surface area contributed by atoms with Gasteiger partial charge in [0.2, 0.25) is 0 Å². The van der Waals surface area contributed by atoms with E-state index in [9.17, 15) is 0 Å². The number of hydrogen-bond donors (Lipinski definition) is 2. The molecule has 0 aliphatic heterocycles. The molecule has 0 unspecified atom stereocenters. The lowest BCUT2D eigenvalue weighted by Crippen LogP contribution is -2.30. The molecule has 2 rings (SSSR count). The van der Waals surface area contributed by atoms with Crippen molar-refractivity contribution < 1.29 is 0 Å². The van der Waals surface area contributed by atoms with Crippen molar-refractivity contribution in [3.63, 3.8) is 0 Å². The Bertz CT molecular complexity index is 350. The summed E-state index contributed by atoms with van der Waals surface area (Å²) in [6.07, 6.45) is 2.47. The molecule has 0 spiro atoms. The van der Waals surface area contributed by atoms with Crippen molar-refractivity contribution in [1.29, 1.82) is 0 Å². The van der Waals surface area contributed by atoms with Crippen LogP contribution >= 0.6 is 28.1 Å². The van der Waals surface area contributed by atoms with Crippen LogP contribution in [0.1, 0.15) is 12.8 Å². The van der Waals surface area contributed by atoms with Gasteiger partial charge in [0.25, 0.3) is 0 Å². The van der Waals surface area contributed by atoms with Crippen LogP contribution in [0.3, 0.4) is 0 Å². The fraction of sp³-hybridized carbons (Fsp3) is 0.300. The van der Waals surface area contributed by atoms with Gasteiger partial charge in [0.05, 0.1) is 5.69 Å². The van der Waals surface area contributed by atoms with E-state index in [4.69, 9.17) is 12.2 Å². The van der Waals surface area contributed by atoms with Gasteiger partial charge in [0.1, 0.15) is 0 Å². The van der Waals surface area contributed by atoms with Crippen LogP contribution in [-0.4, -0.2) is 11.2 Å². The van der Waals surface area contributed by atoms with Crippen LogP contribution in [-0.2, 0) is 0 Å². The van der Waals surface area contributed by atoms with Crippen LogP contribution in [0, 0.1) is 0 Å². The Morgan fingerprint density at radius 1 is 1.36 bits per heavy atom. The molecule has 14 heavy (non-hydrogen) atoms. The van der Waals surface area contributed by atoms with E-state index in [1.165, 1.54) is 12.8 Å². The van der Waals surface area contributed by atoms with E-state index in [1.807, 2.05) is 24.3 Å². The maximum absolute atomic E-state index is 5.17. The lowest BCUT2D eigenvalue weighted by molar-refractivity contribution is 0.919. The van der Waals surface area contributed by atoms with E-state index in [-0.39, 0.29) is 0 Å². The summed E-state index contributed by atoms with van der Waals surface area (Å²) in [7, 11) is 0. The molecular weight excluding hydrogens is 260 g/mol. The van der Waals surface area contributed by atoms with E-state index in [0.717, 1.165) is 10.2 Å². The lowest BCUT2D eigenvalue weighted by Gasteiger charge is -2.10. The van der Waals surface area contributed by atoms with Gasteiger partial charge in [-0.15, -0.1) is 0 Å². The topological polar surface area (TPSA) is 24.1 Å². The van der Waals surface area contributed by atoms with Crippen LogP contribution in [0.25, 0.3) is 0 Å². The fourth-order valence-corrected chi connectivity index (χ4v) is 1.79. The van der Waals surface area contributed by atoms with Gasteiger partial charge >= 0.3 is 0 Å². The number of nitrogens with one attached hydrogen (secondary N) is 2. The summed E-state index contributed by atoms with van der Waals surface area (Å²) in [5.41, 5.74) is 1.01. The van der Waals surface area contributed by atoms with E-state index in [1.54, 1.807) is 0 Å². The Hall–Kier alpha value is -0.610. The molecule has 1 aromatic rings. The average Bonchev–Trinajstić information content (AvgIpc) is 2.93. The number of halogens is 1. The number of rotatable bonds is 2. The largest absolute Gasteiger partial charge is 0.360 e. The van der Waals surface area contributed by atoms with Crippen molar-refractivity contribution in [1.82, 2.24) is 5.32 Å². The second kappa shape index (κ2) is 4.28. The first-order valence-electron chi connectivity index (χ1n) is 4.58. The summed E-state index contributed by atoms with van der Waals surface area (Å²) >= 11 is 8.63. The minimum Gasteiger partial charge on any atom is -0.360 e. The third kappa shape index (κ3) is 2.69. The van der Waals surface area contributed by atoms with Crippen molar-refractivity contribution in [3.8, 4) is 0 Å². The quantitative estimate of drug-likeness (QED) is 0.809. The Labute approximate surface area is 97.2 Å². The molecule has 0 saturated heterocycles. The molecular formula is C10H11BrN2S. The van der Waals surface area contributed by atoms with E-state index in [2.05, 4.69) is 26.6 Å². The minimum absolute atomic E-state index is 0.595. The molecule has 74 valence electrons. The van der Waals surface area contributed by atoms with Crippen LogP contribution in [0.5, 0.6) is 0 Å². The lowest BCUT2D eigenvalue weighted by atomic mass is 10.3. The molecule has 0 amide bonds. The van der Waals surface area contributed by atoms with Crippen molar-refractivity contribution in [2.75, 3.05) is 5.32 Å². The zero-order valence-electron chi connectivity index (χ0n) is 7.59. The Balaban J connectivity index is 1.95. The summed E-state index contributed by atoms with van der Waals surface area (Å²) in [6, 6.07) is 8.53. The molecule has 1 aromatic carbocycles. The maximum atomic E-state index is 5.17. The highest BCUT2D eigenvalue weighted by molar-refractivity contribution is 9.10. The highest BCUT2D eigenvalue weighted by Gasteiger charge is 2.21. The normalized spacial score (nSPS) is 14.9. The average molecular weight is 271 g/mol. The number of para-hydroxylation sites is 1. The second-order valence-electron chi connectivity index (χ2n) is 3.35. The molecule has 4 heteroatoms. The molecule has 1 aliphatic carbocycles. The first-order valence-corrected chi connectivity index (χ1v) is 5.78. The van der Waals surface area contributed by atoms with E-state index >= 15 is 0 Å². The Kier molecular flexibility index (Phi) is 3.03. The maximum Gasteiger partial charge on any atom is 0.171 e. The predicted octanol–water partition coefficient (Wildman–Crippen LogP) is 2.90. The predicted molar refractivity (Wildman–Crippen MR) is 66.5 cm³/mol. The van der Waals surface area contributed by atoms with Crippen molar-refractivity contribution in [2.24, 2.45) is 0 Å². The summed E-state index contributed by atoms with van der Waals surface area (Å²) in [5.74, 6) is 0. The SMILES string of the molecule is S=C(Nc1ccccc1Br)NC1CC1. The molecule has 2 N–H and O–H groups in total. The Morgan fingerprint density at radius 2 is 2.07 bits per heavy atom. The first-order chi connectivity index (χ1) is 6.75. The molecule has 0 atom stereocenters. The highest BCUT2D eigenvalue weighted by atomic mass is 79.9. The molecule has 1 saturated carbocycles. The fourth-order valence-electron chi connectivity index (χ4n) is 1.13. The summed E-state index contributed by atoms with van der Waals surface area (Å²) < 4.78 is 1.03. The Morgan fingerprint density at radius 3 is 2.71 bits per heavy atom. The number of benzene rings is 1. The van der Waals surface area contributed by atoms with Gasteiger partial charge in [0, 0.05) is 10.5 Å². The molecule has 2 nitrogen and oxygen atoms in total. The zero-order valence-corrected chi connectivity index (χ0v) is 9.99. The van der Waals surface area contributed by atoms with E-state index in [0.29, 0.717) is 11.2 Å². The number of hydrogen-bond acceptors (Lipinski definition) is 1. The second-order valence-corrected chi connectivity index (χ2v) is 4.62. The van der Waals surface area contributed by atoms with Crippen LogP contribution in [0.2, 0.25) is 0 Å². The third-order valence-corrected chi connectivity index (χ3v) is 2.95. The van der Waals surface area contributed by atoms with Gasteiger partial charge in [-0.05, 0) is 53.1 Å². The van der Waals surface area contributed by atoms with Gasteiger partial charge in [-0.1, -0.05) is 12.1 Å². The summed E-state index contributed by atoms with van der Waals surface area (Å²) in [5, 5.41) is 7.09. The first kappa shape index (κ1) is 9.93. The zero-order chi connectivity index (χ0) is 9.97. The third-order valence-electron chi connectivity index (χ3n) is 2.03. The van der Waals surface area contributed by atoms with Gasteiger partial charge in [-0.2, -0.15) is 0 Å². The van der Waals surface area contributed by atoms with Crippen LogP contribution in [0.15, 0.2) is 28.7 Å². The number of thiocarbonyl (C=S) groups is 1.